The summed E-state index contributed by atoms with van der Waals surface area (Å²) < 4.78 is 5.63. The number of halogens is 2. The first kappa shape index (κ1) is 17.8. The second kappa shape index (κ2) is 7.05. The Morgan fingerprint density at radius 1 is 1.32 bits per heavy atom. The summed E-state index contributed by atoms with van der Waals surface area (Å²) in [6.07, 6.45) is 1.66. The molecule has 0 saturated heterocycles. The van der Waals surface area contributed by atoms with Crippen molar-refractivity contribution < 1.29 is 14.6 Å². The number of amides is 1. The molecular weight excluding hydrogens is 455 g/mol. The lowest BCUT2D eigenvalue weighted by Gasteiger charge is -2.12. The molecule has 0 radical (unpaired) electrons. The van der Waals surface area contributed by atoms with E-state index in [1.165, 1.54) is 12.1 Å². The minimum atomic E-state index is -0.234. The van der Waals surface area contributed by atoms with E-state index in [4.69, 9.17) is 16.3 Å². The van der Waals surface area contributed by atoms with Crippen LogP contribution in [0.3, 0.4) is 0 Å². The summed E-state index contributed by atoms with van der Waals surface area (Å²) >= 11 is 8.26. The number of benzene rings is 2. The highest BCUT2D eigenvalue weighted by atomic mass is 127. The molecule has 0 spiro atoms. The summed E-state index contributed by atoms with van der Waals surface area (Å²) in [5, 5.41) is 16.1. The second-order valence-electron chi connectivity index (χ2n) is 5.34. The van der Waals surface area contributed by atoms with Crippen LogP contribution in [0, 0.1) is 3.57 Å². The van der Waals surface area contributed by atoms with E-state index in [1.807, 2.05) is 52.9 Å². The van der Waals surface area contributed by atoms with Gasteiger partial charge >= 0.3 is 0 Å². The molecule has 0 saturated carbocycles. The van der Waals surface area contributed by atoms with Crippen molar-refractivity contribution in [1.29, 1.82) is 0 Å². The first-order valence-electron chi connectivity index (χ1n) is 7.35. The minimum Gasteiger partial charge on any atom is -0.503 e. The fourth-order valence-electron chi connectivity index (χ4n) is 2.46. The first-order valence-corrected chi connectivity index (χ1v) is 8.81. The number of methoxy groups -OCH3 is 1. The lowest BCUT2D eigenvalue weighted by atomic mass is 10.1. The van der Waals surface area contributed by atoms with Gasteiger partial charge in [0.05, 0.1) is 32.7 Å². The van der Waals surface area contributed by atoms with Gasteiger partial charge in [-0.3, -0.25) is 4.79 Å². The van der Waals surface area contributed by atoms with Crippen LogP contribution in [0.5, 0.6) is 11.5 Å². The topological polar surface area (TPSA) is 62.1 Å². The molecule has 5 nitrogen and oxygen atoms in total. The van der Waals surface area contributed by atoms with Gasteiger partial charge in [-0.05, 0) is 59.4 Å². The van der Waals surface area contributed by atoms with E-state index in [-0.39, 0.29) is 11.7 Å². The van der Waals surface area contributed by atoms with E-state index >= 15 is 0 Å². The van der Waals surface area contributed by atoms with Crippen molar-refractivity contribution in [3.63, 3.8) is 0 Å². The van der Waals surface area contributed by atoms with E-state index in [0.29, 0.717) is 36.9 Å². The largest absolute Gasteiger partial charge is 0.503 e. The van der Waals surface area contributed by atoms with E-state index in [1.54, 1.807) is 19.1 Å². The highest BCUT2D eigenvalue weighted by molar-refractivity contribution is 14.1. The molecule has 7 heteroatoms. The molecule has 0 aliphatic carbocycles. The molecule has 1 amide bonds. The molecule has 0 aromatic heterocycles. The Kier molecular flexibility index (Phi) is 5.01. The maximum absolute atomic E-state index is 12.8. The molecule has 0 unspecified atom stereocenters. The van der Waals surface area contributed by atoms with Crippen LogP contribution in [0.1, 0.15) is 12.5 Å². The maximum atomic E-state index is 12.8. The average Bonchev–Trinajstić information content (AvgIpc) is 2.91. The number of anilines is 1. The Labute approximate surface area is 163 Å². The molecule has 0 bridgehead atoms. The highest BCUT2D eigenvalue weighted by Gasteiger charge is 2.29. The number of nitrogens with zero attached hydrogens (tertiary/aromatic N) is 2. The molecule has 1 aliphatic rings. The van der Waals surface area contributed by atoms with Gasteiger partial charge in [0.2, 0.25) is 0 Å². The lowest BCUT2D eigenvalue weighted by molar-refractivity contribution is -0.114. The van der Waals surface area contributed by atoms with E-state index < -0.39 is 0 Å². The Bertz CT molecular complexity index is 910. The molecule has 3 rings (SSSR count). The standard InChI is InChI=1S/C18H14ClIN2O3/c1-10-13(18(24)22(21-10)12-6-4-3-5-7-12)8-11-9-14(25-2)17(23)16(20)15(11)19/h3-9,23H,1-2H3/b13-8-. The van der Waals surface area contributed by atoms with Crippen LogP contribution >= 0.6 is 34.2 Å². The van der Waals surface area contributed by atoms with Crippen molar-refractivity contribution in [3.8, 4) is 11.5 Å². The molecule has 2 aromatic rings. The Hall–Kier alpha value is -2.06. The SMILES string of the molecule is COc1cc(/C=C2\C(=O)N(c3ccccc3)N=C2C)c(Cl)c(I)c1O. The molecule has 1 N–H and O–H groups in total. The number of hydrogen-bond acceptors (Lipinski definition) is 4. The number of phenolic OH excluding ortho intramolecular Hbond substituents is 1. The highest BCUT2D eigenvalue weighted by Crippen LogP contribution is 2.39. The molecule has 25 heavy (non-hydrogen) atoms. The molecule has 128 valence electrons. The van der Waals surface area contributed by atoms with Crippen molar-refractivity contribution in [2.24, 2.45) is 5.10 Å². The van der Waals surface area contributed by atoms with Crippen LogP contribution < -0.4 is 9.75 Å². The third-order valence-electron chi connectivity index (χ3n) is 3.76. The molecular formula is C18H14ClIN2O3. The fraction of sp³-hybridized carbons (Fsp3) is 0.111. The Morgan fingerprint density at radius 3 is 2.64 bits per heavy atom. The van der Waals surface area contributed by atoms with Crippen LogP contribution in [0.25, 0.3) is 6.08 Å². The summed E-state index contributed by atoms with van der Waals surface area (Å²) in [5.74, 6) is 0.0340. The summed E-state index contributed by atoms with van der Waals surface area (Å²) in [4.78, 5) is 12.8. The van der Waals surface area contributed by atoms with Crippen molar-refractivity contribution in [3.05, 3.63) is 56.1 Å². The van der Waals surface area contributed by atoms with Gasteiger partial charge in [0.1, 0.15) is 0 Å². The maximum Gasteiger partial charge on any atom is 0.280 e. The van der Waals surface area contributed by atoms with Gasteiger partial charge in [-0.2, -0.15) is 10.1 Å². The number of ether oxygens (including phenoxy) is 1. The number of carbonyl (C=O) groups excluding carboxylic acids is 1. The minimum absolute atomic E-state index is 0.0238. The number of para-hydroxylation sites is 1. The third-order valence-corrected chi connectivity index (χ3v) is 5.53. The van der Waals surface area contributed by atoms with E-state index in [0.717, 1.165) is 0 Å². The van der Waals surface area contributed by atoms with Gasteiger partial charge in [-0.15, -0.1) is 0 Å². The second-order valence-corrected chi connectivity index (χ2v) is 6.80. The van der Waals surface area contributed by atoms with Gasteiger partial charge in [0, 0.05) is 0 Å². The smallest absolute Gasteiger partial charge is 0.280 e. The fourth-order valence-corrected chi connectivity index (χ4v) is 3.23. The van der Waals surface area contributed by atoms with E-state index in [9.17, 15) is 9.90 Å². The number of rotatable bonds is 3. The summed E-state index contributed by atoms with van der Waals surface area (Å²) in [6, 6.07) is 10.8. The van der Waals surface area contributed by atoms with Gasteiger partial charge in [-0.1, -0.05) is 29.8 Å². The molecule has 0 fully saturated rings. The van der Waals surface area contributed by atoms with Crippen LogP contribution in [-0.2, 0) is 4.79 Å². The Balaban J connectivity index is 2.05. The van der Waals surface area contributed by atoms with Crippen LogP contribution in [0.15, 0.2) is 47.1 Å². The monoisotopic (exact) mass is 468 g/mol. The zero-order valence-corrected chi connectivity index (χ0v) is 16.4. The Morgan fingerprint density at radius 2 is 2.00 bits per heavy atom. The third kappa shape index (κ3) is 3.23. The summed E-state index contributed by atoms with van der Waals surface area (Å²) in [7, 11) is 1.46. The normalized spacial score (nSPS) is 15.7. The van der Waals surface area contributed by atoms with Crippen LogP contribution in [-0.4, -0.2) is 23.8 Å². The number of carbonyl (C=O) groups is 1. The molecule has 2 aromatic carbocycles. The first-order chi connectivity index (χ1) is 11.9. The van der Waals surface area contributed by atoms with Gasteiger partial charge < -0.3 is 9.84 Å². The predicted molar refractivity (Wildman–Crippen MR) is 107 cm³/mol. The molecule has 0 atom stereocenters. The zero-order chi connectivity index (χ0) is 18.1. The van der Waals surface area contributed by atoms with Crippen LogP contribution in [0.4, 0.5) is 5.69 Å². The number of phenols is 1. The number of hydrazone groups is 1. The lowest BCUT2D eigenvalue weighted by Crippen LogP contribution is -2.21. The van der Waals surface area contributed by atoms with E-state index in [2.05, 4.69) is 5.10 Å². The van der Waals surface area contributed by atoms with Gasteiger partial charge in [0.15, 0.2) is 11.5 Å². The van der Waals surface area contributed by atoms with Gasteiger partial charge in [0.25, 0.3) is 5.91 Å². The van der Waals surface area contributed by atoms with Crippen molar-refractivity contribution in [2.45, 2.75) is 6.92 Å². The average molecular weight is 469 g/mol. The molecule has 1 aliphatic heterocycles. The number of aromatic hydroxyl groups is 1. The summed E-state index contributed by atoms with van der Waals surface area (Å²) in [5.41, 5.74) is 2.30. The summed E-state index contributed by atoms with van der Waals surface area (Å²) in [6.45, 7) is 1.77. The van der Waals surface area contributed by atoms with Crippen molar-refractivity contribution in [1.82, 2.24) is 0 Å². The zero-order valence-electron chi connectivity index (χ0n) is 13.5. The number of hydrogen-bond donors (Lipinski definition) is 1. The predicted octanol–water partition coefficient (Wildman–Crippen LogP) is 4.46. The van der Waals surface area contributed by atoms with Gasteiger partial charge in [-0.25, -0.2) is 0 Å². The quantitative estimate of drug-likeness (QED) is 0.534. The van der Waals surface area contributed by atoms with Crippen molar-refractivity contribution >= 4 is 57.6 Å². The van der Waals surface area contributed by atoms with Crippen LogP contribution in [0.2, 0.25) is 5.02 Å². The molecule has 1 heterocycles. The van der Waals surface area contributed by atoms with Crippen molar-refractivity contribution in [2.75, 3.05) is 12.1 Å².